The monoisotopic (exact) mass is 768 g/mol. The standard InChI is InChI=1S/C36H36ClF3N8O6/c1-53-31(52)27(15-19-42-30(51)28(49)6-2-4-22-5-3-18-41-20-22)44-29(50)23-7-13-26(14-8-23)43-32-45-33(47-34(46-32)54-21-36(38,39)40)48-35(16-17-35)24-9-11-25(37)12-10-24/h3,5,7-14,18,20,27H,2,4,6,15-17,19,21H2,1H3,(H,42,51)(H,44,50)(H2,43,45,46,47,48)/t27-/m0/s1. The Morgan fingerprint density at radius 3 is 2.33 bits per heavy atom. The molecular weight excluding hydrogens is 733 g/mol. The minimum absolute atomic E-state index is 0.0247. The average molecular weight is 769 g/mol. The molecule has 1 saturated carbocycles. The molecule has 0 aliphatic heterocycles. The molecule has 284 valence electrons. The zero-order valence-corrected chi connectivity index (χ0v) is 29.7. The number of anilines is 3. The second-order valence-electron chi connectivity index (χ2n) is 12.3. The largest absolute Gasteiger partial charge is 0.467 e. The molecule has 18 heteroatoms. The van der Waals surface area contributed by atoms with Gasteiger partial charge in [-0.05, 0) is 85.7 Å². The van der Waals surface area contributed by atoms with Crippen molar-refractivity contribution in [3.05, 3.63) is 94.8 Å². The molecule has 0 bridgehead atoms. The number of nitrogens with zero attached hydrogens (tertiary/aromatic N) is 4. The van der Waals surface area contributed by atoms with Crippen LogP contribution in [0, 0.1) is 0 Å². The summed E-state index contributed by atoms with van der Waals surface area (Å²) in [7, 11) is 1.15. The molecule has 2 heterocycles. The number of carbonyl (C=O) groups is 4. The molecule has 1 aliphatic rings. The Morgan fingerprint density at radius 2 is 1.69 bits per heavy atom. The third-order valence-electron chi connectivity index (χ3n) is 8.24. The van der Waals surface area contributed by atoms with Crippen molar-refractivity contribution < 1.29 is 41.8 Å². The van der Waals surface area contributed by atoms with Crippen molar-refractivity contribution in [2.75, 3.05) is 30.9 Å². The fourth-order valence-electron chi connectivity index (χ4n) is 5.28. The van der Waals surface area contributed by atoms with Crippen molar-refractivity contribution in [1.82, 2.24) is 30.6 Å². The first-order valence-corrected chi connectivity index (χ1v) is 17.2. The Kier molecular flexibility index (Phi) is 13.0. The Labute approximate surface area is 312 Å². The Morgan fingerprint density at radius 1 is 0.963 bits per heavy atom. The summed E-state index contributed by atoms with van der Waals surface area (Å²) in [5, 5.41) is 11.7. The quantitative estimate of drug-likeness (QED) is 0.0779. The summed E-state index contributed by atoms with van der Waals surface area (Å²) in [6.45, 7) is -1.71. The molecule has 5 rings (SSSR count). The zero-order valence-electron chi connectivity index (χ0n) is 28.9. The number of aromatic nitrogens is 4. The summed E-state index contributed by atoms with van der Waals surface area (Å²) >= 11 is 6.03. The van der Waals surface area contributed by atoms with Crippen molar-refractivity contribution in [2.45, 2.75) is 56.3 Å². The number of methoxy groups -OCH3 is 1. The fraction of sp³-hybridized carbons (Fsp3) is 0.333. The van der Waals surface area contributed by atoms with Gasteiger partial charge in [0.05, 0.1) is 12.6 Å². The molecule has 1 aliphatic carbocycles. The van der Waals surface area contributed by atoms with E-state index in [0.717, 1.165) is 18.2 Å². The van der Waals surface area contributed by atoms with E-state index in [0.29, 0.717) is 36.4 Å². The number of halogens is 4. The SMILES string of the molecule is COC(=O)[C@H](CCNC(=O)C(=O)CCCc1cccnc1)NC(=O)c1ccc(Nc2nc(NC3(c4ccc(Cl)cc4)CC3)nc(OCC(F)(F)F)n2)cc1. The van der Waals surface area contributed by atoms with E-state index >= 15 is 0 Å². The number of nitrogens with one attached hydrogen (secondary N) is 4. The number of rotatable bonds is 18. The van der Waals surface area contributed by atoms with Crippen LogP contribution >= 0.6 is 11.6 Å². The van der Waals surface area contributed by atoms with Gasteiger partial charge in [-0.2, -0.15) is 28.1 Å². The Hall–Kier alpha value is -5.84. The van der Waals surface area contributed by atoms with Crippen LogP contribution in [-0.4, -0.2) is 76.0 Å². The number of amides is 2. The molecule has 54 heavy (non-hydrogen) atoms. The number of hydrogen-bond donors (Lipinski definition) is 4. The average Bonchev–Trinajstić information content (AvgIpc) is 3.93. The highest BCUT2D eigenvalue weighted by atomic mass is 35.5. The first kappa shape index (κ1) is 39.4. The predicted octanol–water partition coefficient (Wildman–Crippen LogP) is 5.08. The maximum Gasteiger partial charge on any atom is 0.422 e. The van der Waals surface area contributed by atoms with Crippen LogP contribution in [0.25, 0.3) is 0 Å². The maximum atomic E-state index is 13.1. The molecule has 4 aromatic rings. The van der Waals surface area contributed by atoms with E-state index in [1.165, 1.54) is 24.3 Å². The molecule has 1 atom stereocenters. The maximum absolute atomic E-state index is 13.1. The van der Waals surface area contributed by atoms with Crippen molar-refractivity contribution >= 4 is 52.8 Å². The number of ether oxygens (including phenoxy) is 2. The highest BCUT2D eigenvalue weighted by Gasteiger charge is 2.45. The number of alkyl halides is 3. The topological polar surface area (TPSA) is 186 Å². The molecule has 4 N–H and O–H groups in total. The van der Waals surface area contributed by atoms with Gasteiger partial charge < -0.3 is 30.7 Å². The van der Waals surface area contributed by atoms with Crippen LogP contribution in [0.15, 0.2) is 73.1 Å². The van der Waals surface area contributed by atoms with Crippen LogP contribution in [-0.2, 0) is 31.1 Å². The normalized spacial score (nSPS) is 13.6. The summed E-state index contributed by atoms with van der Waals surface area (Å²) in [6, 6.07) is 14.9. The molecule has 1 fully saturated rings. The summed E-state index contributed by atoms with van der Waals surface area (Å²) in [6.07, 6.45) is 1.15. The lowest BCUT2D eigenvalue weighted by molar-refractivity contribution is -0.154. The number of hydrogen-bond acceptors (Lipinski definition) is 12. The number of aryl methyl sites for hydroxylation is 1. The molecule has 0 radical (unpaired) electrons. The lowest BCUT2D eigenvalue weighted by Crippen LogP contribution is -2.44. The van der Waals surface area contributed by atoms with Crippen molar-refractivity contribution in [1.29, 1.82) is 0 Å². The molecule has 0 unspecified atom stereocenters. The smallest absolute Gasteiger partial charge is 0.422 e. The number of carbonyl (C=O) groups excluding carboxylic acids is 4. The van der Waals surface area contributed by atoms with E-state index in [1.54, 1.807) is 30.6 Å². The second-order valence-corrected chi connectivity index (χ2v) is 12.8. The first-order valence-electron chi connectivity index (χ1n) is 16.8. The van der Waals surface area contributed by atoms with Gasteiger partial charge in [0, 0.05) is 41.6 Å². The van der Waals surface area contributed by atoms with Gasteiger partial charge in [0.15, 0.2) is 6.61 Å². The highest BCUT2D eigenvalue weighted by Crippen LogP contribution is 2.48. The fourth-order valence-corrected chi connectivity index (χ4v) is 5.41. The molecular formula is C36H36ClF3N8O6. The van der Waals surface area contributed by atoms with Gasteiger partial charge in [-0.25, -0.2) is 4.79 Å². The summed E-state index contributed by atoms with van der Waals surface area (Å²) < 4.78 is 48.5. The number of ketones is 1. The number of Topliss-reactive ketones (excluding diaryl/α,β-unsaturated/α-hetero) is 1. The summed E-state index contributed by atoms with van der Waals surface area (Å²) in [4.78, 5) is 66.4. The second kappa shape index (κ2) is 17.8. The number of benzene rings is 2. The minimum atomic E-state index is -4.63. The van der Waals surface area contributed by atoms with Crippen LogP contribution in [0.3, 0.4) is 0 Å². The predicted molar refractivity (Wildman–Crippen MR) is 190 cm³/mol. The lowest BCUT2D eigenvalue weighted by atomic mass is 10.1. The zero-order chi connectivity index (χ0) is 38.7. The summed E-state index contributed by atoms with van der Waals surface area (Å²) in [5.74, 6) is -2.96. The highest BCUT2D eigenvalue weighted by molar-refractivity contribution is 6.36. The molecule has 2 aromatic carbocycles. The van der Waals surface area contributed by atoms with Gasteiger partial charge in [-0.1, -0.05) is 29.8 Å². The van der Waals surface area contributed by atoms with E-state index in [-0.39, 0.29) is 36.8 Å². The molecule has 2 aromatic heterocycles. The van der Waals surface area contributed by atoms with Crippen LogP contribution in [0.5, 0.6) is 6.01 Å². The van der Waals surface area contributed by atoms with Gasteiger partial charge in [0.2, 0.25) is 17.7 Å². The molecule has 0 saturated heterocycles. The lowest BCUT2D eigenvalue weighted by Gasteiger charge is -2.19. The third-order valence-corrected chi connectivity index (χ3v) is 8.49. The van der Waals surface area contributed by atoms with E-state index in [4.69, 9.17) is 21.1 Å². The van der Waals surface area contributed by atoms with E-state index < -0.39 is 53.9 Å². The van der Waals surface area contributed by atoms with Gasteiger partial charge in [0.1, 0.15) is 6.04 Å². The summed E-state index contributed by atoms with van der Waals surface area (Å²) in [5.41, 5.74) is 1.80. The number of esters is 1. The molecule has 2 amide bonds. The third kappa shape index (κ3) is 11.6. The van der Waals surface area contributed by atoms with Crippen LogP contribution in [0.1, 0.15) is 53.6 Å². The Bertz CT molecular complexity index is 1930. The van der Waals surface area contributed by atoms with Gasteiger partial charge in [0.25, 0.3) is 11.8 Å². The van der Waals surface area contributed by atoms with Gasteiger partial charge >= 0.3 is 18.2 Å². The van der Waals surface area contributed by atoms with Gasteiger partial charge in [-0.15, -0.1) is 0 Å². The van der Waals surface area contributed by atoms with Crippen LogP contribution in [0.2, 0.25) is 5.02 Å². The minimum Gasteiger partial charge on any atom is -0.467 e. The molecule has 0 spiro atoms. The van der Waals surface area contributed by atoms with Gasteiger partial charge in [-0.3, -0.25) is 19.4 Å². The van der Waals surface area contributed by atoms with Crippen molar-refractivity contribution in [3.63, 3.8) is 0 Å². The first-order chi connectivity index (χ1) is 25.8. The van der Waals surface area contributed by atoms with E-state index in [1.807, 2.05) is 18.2 Å². The van der Waals surface area contributed by atoms with Crippen molar-refractivity contribution in [2.24, 2.45) is 0 Å². The van der Waals surface area contributed by atoms with Crippen LogP contribution < -0.4 is 26.0 Å². The number of pyridine rings is 1. The van der Waals surface area contributed by atoms with E-state index in [9.17, 15) is 32.3 Å². The Balaban J connectivity index is 1.18. The van der Waals surface area contributed by atoms with Crippen molar-refractivity contribution in [3.8, 4) is 6.01 Å². The van der Waals surface area contributed by atoms with E-state index in [2.05, 4.69) is 41.2 Å². The molecule has 14 nitrogen and oxygen atoms in total. The van der Waals surface area contributed by atoms with Crippen LogP contribution in [0.4, 0.5) is 30.8 Å².